The summed E-state index contributed by atoms with van der Waals surface area (Å²) < 4.78 is 1.80. The number of nitrogens with zero attached hydrogens (tertiary/aromatic N) is 3. The minimum Gasteiger partial charge on any atom is -0.352 e. The third-order valence-corrected chi connectivity index (χ3v) is 5.79. The van der Waals surface area contributed by atoms with Gasteiger partial charge in [-0.2, -0.15) is 5.10 Å². The Balaban J connectivity index is 1.32. The molecule has 0 spiro atoms. The summed E-state index contributed by atoms with van der Waals surface area (Å²) >= 11 is 1.44. The van der Waals surface area contributed by atoms with Crippen LogP contribution in [0.15, 0.2) is 60.2 Å². The van der Waals surface area contributed by atoms with E-state index in [0.717, 1.165) is 29.0 Å². The summed E-state index contributed by atoms with van der Waals surface area (Å²) in [6.07, 6.45) is 5.34. The fraction of sp³-hybridized carbons (Fsp3) is 0.286. The maximum Gasteiger partial charge on any atom is 0.263 e. The molecule has 6 nitrogen and oxygen atoms in total. The predicted molar refractivity (Wildman–Crippen MR) is 108 cm³/mol. The predicted octanol–water partition coefficient (Wildman–Crippen LogP) is 3.10. The van der Waals surface area contributed by atoms with Gasteiger partial charge in [0.05, 0.1) is 22.7 Å². The van der Waals surface area contributed by atoms with Gasteiger partial charge in [-0.25, -0.2) is 4.68 Å². The van der Waals surface area contributed by atoms with Crippen molar-refractivity contribution in [2.75, 3.05) is 13.1 Å². The van der Waals surface area contributed by atoms with Gasteiger partial charge in [-0.15, -0.1) is 11.3 Å². The van der Waals surface area contributed by atoms with Crippen molar-refractivity contribution in [3.8, 4) is 5.69 Å². The molecule has 1 aliphatic heterocycles. The topological polar surface area (TPSA) is 67.2 Å². The van der Waals surface area contributed by atoms with Gasteiger partial charge in [0.25, 0.3) is 5.91 Å². The number of para-hydroxylation sites is 1. The number of benzene rings is 1. The van der Waals surface area contributed by atoms with Crippen molar-refractivity contribution in [3.05, 3.63) is 70.7 Å². The second-order valence-corrected chi connectivity index (χ2v) is 7.86. The zero-order valence-corrected chi connectivity index (χ0v) is 16.3. The molecule has 2 aromatic heterocycles. The van der Waals surface area contributed by atoms with Crippen molar-refractivity contribution < 1.29 is 9.59 Å². The highest BCUT2D eigenvalue weighted by Crippen LogP contribution is 2.21. The number of hydrogen-bond donors (Lipinski definition) is 1. The number of rotatable bonds is 5. The van der Waals surface area contributed by atoms with E-state index in [-0.39, 0.29) is 17.7 Å². The third-order valence-electron chi connectivity index (χ3n) is 4.93. The van der Waals surface area contributed by atoms with Gasteiger partial charge in [0, 0.05) is 31.4 Å². The number of aromatic nitrogens is 2. The van der Waals surface area contributed by atoms with Gasteiger partial charge in [-0.05, 0) is 36.4 Å². The summed E-state index contributed by atoms with van der Waals surface area (Å²) in [7, 11) is 0. The second kappa shape index (κ2) is 8.39. The van der Waals surface area contributed by atoms with Crippen molar-refractivity contribution in [3.63, 3.8) is 0 Å². The maximum atomic E-state index is 12.6. The fourth-order valence-electron chi connectivity index (χ4n) is 3.44. The van der Waals surface area contributed by atoms with Gasteiger partial charge in [-0.1, -0.05) is 24.3 Å². The Morgan fingerprint density at radius 3 is 2.82 bits per heavy atom. The molecule has 4 rings (SSSR count). The van der Waals surface area contributed by atoms with Gasteiger partial charge < -0.3 is 10.2 Å². The first-order valence-corrected chi connectivity index (χ1v) is 10.3. The van der Waals surface area contributed by atoms with Crippen LogP contribution in [0.5, 0.6) is 0 Å². The Labute approximate surface area is 167 Å². The van der Waals surface area contributed by atoms with Gasteiger partial charge >= 0.3 is 0 Å². The Morgan fingerprint density at radius 2 is 2.04 bits per heavy atom. The minimum atomic E-state index is -0.165. The van der Waals surface area contributed by atoms with Gasteiger partial charge in [0.2, 0.25) is 5.91 Å². The minimum absolute atomic E-state index is 0.00357. The molecule has 1 aliphatic rings. The van der Waals surface area contributed by atoms with E-state index in [1.807, 2.05) is 54.0 Å². The van der Waals surface area contributed by atoms with E-state index >= 15 is 0 Å². The van der Waals surface area contributed by atoms with Crippen LogP contribution in [0.3, 0.4) is 0 Å². The van der Waals surface area contributed by atoms with E-state index in [1.165, 1.54) is 11.3 Å². The molecule has 1 atom stereocenters. The lowest BCUT2D eigenvalue weighted by Gasteiger charge is -2.31. The molecule has 28 heavy (non-hydrogen) atoms. The van der Waals surface area contributed by atoms with E-state index in [2.05, 4.69) is 10.4 Å². The van der Waals surface area contributed by atoms with Crippen molar-refractivity contribution in [2.24, 2.45) is 5.92 Å². The van der Waals surface area contributed by atoms with Gasteiger partial charge in [0.15, 0.2) is 0 Å². The lowest BCUT2D eigenvalue weighted by atomic mass is 9.97. The molecule has 0 saturated carbocycles. The Kier molecular flexibility index (Phi) is 5.53. The zero-order chi connectivity index (χ0) is 19.3. The van der Waals surface area contributed by atoms with Crippen LogP contribution in [0.25, 0.3) is 5.69 Å². The average molecular weight is 395 g/mol. The number of carbonyl (C=O) groups excluding carboxylic acids is 2. The Bertz CT molecular complexity index is 936. The number of amides is 2. The van der Waals surface area contributed by atoms with Crippen LogP contribution in [0.1, 0.15) is 28.1 Å². The van der Waals surface area contributed by atoms with Crippen molar-refractivity contribution in [1.29, 1.82) is 0 Å². The molecule has 144 valence electrons. The molecule has 0 aliphatic carbocycles. The summed E-state index contributed by atoms with van der Waals surface area (Å²) in [5, 5.41) is 9.25. The molecule has 0 unspecified atom stereocenters. The summed E-state index contributed by atoms with van der Waals surface area (Å²) in [4.78, 5) is 27.7. The molecule has 1 aromatic carbocycles. The Hall–Kier alpha value is -2.93. The van der Waals surface area contributed by atoms with E-state index < -0.39 is 0 Å². The molecule has 2 amide bonds. The normalized spacial score (nSPS) is 16.7. The number of carbonyl (C=O) groups is 2. The fourth-order valence-corrected chi connectivity index (χ4v) is 4.13. The molecular weight excluding hydrogens is 372 g/mol. The first kappa shape index (κ1) is 18.4. The summed E-state index contributed by atoms with van der Waals surface area (Å²) in [6, 6.07) is 13.6. The molecule has 1 saturated heterocycles. The SMILES string of the molecule is O=C(NCc1cnn(-c2ccccc2)c1)[C@H]1CCCN(C(=O)c2cccs2)C1. The number of piperidine rings is 1. The van der Waals surface area contributed by atoms with Gasteiger partial charge in [-0.3, -0.25) is 9.59 Å². The largest absolute Gasteiger partial charge is 0.352 e. The van der Waals surface area contributed by atoms with Gasteiger partial charge in [0.1, 0.15) is 0 Å². The first-order chi connectivity index (χ1) is 13.7. The first-order valence-electron chi connectivity index (χ1n) is 9.40. The van der Waals surface area contributed by atoms with Crippen molar-refractivity contribution >= 4 is 23.2 Å². The summed E-state index contributed by atoms with van der Waals surface area (Å²) in [6.45, 7) is 1.62. The van der Waals surface area contributed by atoms with Crippen LogP contribution < -0.4 is 5.32 Å². The molecule has 1 N–H and O–H groups in total. The van der Waals surface area contributed by atoms with Crippen molar-refractivity contribution in [1.82, 2.24) is 20.0 Å². The van der Waals surface area contributed by atoms with Crippen LogP contribution in [0.2, 0.25) is 0 Å². The van der Waals surface area contributed by atoms with E-state index in [1.54, 1.807) is 15.8 Å². The van der Waals surface area contributed by atoms with E-state index in [9.17, 15) is 9.59 Å². The number of nitrogens with one attached hydrogen (secondary N) is 1. The monoisotopic (exact) mass is 394 g/mol. The third kappa shape index (κ3) is 4.14. The van der Waals surface area contributed by atoms with E-state index in [0.29, 0.717) is 19.6 Å². The summed E-state index contributed by atoms with van der Waals surface area (Å²) in [5.74, 6) is -0.144. The van der Waals surface area contributed by atoms with Crippen LogP contribution >= 0.6 is 11.3 Å². The average Bonchev–Trinajstić information content (AvgIpc) is 3.44. The van der Waals surface area contributed by atoms with Crippen LogP contribution in [-0.4, -0.2) is 39.6 Å². The molecule has 3 heterocycles. The zero-order valence-electron chi connectivity index (χ0n) is 15.5. The molecule has 1 fully saturated rings. The Morgan fingerprint density at radius 1 is 1.18 bits per heavy atom. The van der Waals surface area contributed by atoms with Crippen LogP contribution in [0.4, 0.5) is 0 Å². The number of likely N-dealkylation sites (tertiary alicyclic amines) is 1. The number of thiophene rings is 1. The molecule has 3 aromatic rings. The lowest BCUT2D eigenvalue weighted by molar-refractivity contribution is -0.126. The molecule has 0 radical (unpaired) electrons. The molecule has 0 bridgehead atoms. The second-order valence-electron chi connectivity index (χ2n) is 6.91. The maximum absolute atomic E-state index is 12.6. The quantitative estimate of drug-likeness (QED) is 0.723. The molecule has 7 heteroatoms. The lowest BCUT2D eigenvalue weighted by Crippen LogP contribution is -2.45. The number of hydrogen-bond acceptors (Lipinski definition) is 4. The van der Waals surface area contributed by atoms with E-state index in [4.69, 9.17) is 0 Å². The highest BCUT2D eigenvalue weighted by atomic mass is 32.1. The molecular formula is C21H22N4O2S. The van der Waals surface area contributed by atoms with Crippen LogP contribution in [-0.2, 0) is 11.3 Å². The van der Waals surface area contributed by atoms with Crippen molar-refractivity contribution in [2.45, 2.75) is 19.4 Å². The van der Waals surface area contributed by atoms with Crippen LogP contribution in [0, 0.1) is 5.92 Å². The highest BCUT2D eigenvalue weighted by Gasteiger charge is 2.29. The summed E-state index contributed by atoms with van der Waals surface area (Å²) in [5.41, 5.74) is 1.93. The smallest absolute Gasteiger partial charge is 0.263 e. The standard InChI is InChI=1S/C21H22N4O2S/c26-20(17-6-4-10-24(15-17)21(27)19-9-5-11-28-19)22-12-16-13-23-25(14-16)18-7-2-1-3-8-18/h1-3,5,7-9,11,13-14,17H,4,6,10,12,15H2,(H,22,26)/t17-/m0/s1. The highest BCUT2D eigenvalue weighted by molar-refractivity contribution is 7.12.